The number of methoxy groups -OCH3 is 2. The van der Waals surface area contributed by atoms with Crippen LogP contribution in [0.2, 0.25) is 0 Å². The molecule has 1 aromatic heterocycles. The summed E-state index contributed by atoms with van der Waals surface area (Å²) in [5.41, 5.74) is 1.12. The van der Waals surface area contributed by atoms with Gasteiger partial charge in [-0.3, -0.25) is 9.59 Å². The van der Waals surface area contributed by atoms with Gasteiger partial charge in [0.05, 0.1) is 24.6 Å². The van der Waals surface area contributed by atoms with E-state index in [1.165, 1.54) is 0 Å². The fraction of sp³-hybridized carbons (Fsp3) is 0.286. The molecule has 0 fully saturated rings. The molecular formula is C21H25N4O4+. The first-order valence-electron chi connectivity index (χ1n) is 9.33. The van der Waals surface area contributed by atoms with E-state index in [0.29, 0.717) is 47.9 Å². The molecule has 3 rings (SSSR count). The lowest BCUT2D eigenvalue weighted by atomic mass is 10.2. The van der Waals surface area contributed by atoms with Crippen molar-refractivity contribution in [3.8, 4) is 5.75 Å². The second-order valence-electron chi connectivity index (χ2n) is 6.66. The third kappa shape index (κ3) is 5.63. The first-order chi connectivity index (χ1) is 14.1. The van der Waals surface area contributed by atoms with Gasteiger partial charge in [0.2, 0.25) is 0 Å². The van der Waals surface area contributed by atoms with Crippen molar-refractivity contribution in [2.75, 3.05) is 39.2 Å². The quantitative estimate of drug-likeness (QED) is 0.491. The molecule has 0 spiro atoms. The number of hydrogen-bond donors (Lipinski definition) is 3. The minimum absolute atomic E-state index is 0.146. The van der Waals surface area contributed by atoms with Crippen LogP contribution < -0.4 is 20.5 Å². The van der Waals surface area contributed by atoms with Gasteiger partial charge in [0, 0.05) is 18.9 Å². The van der Waals surface area contributed by atoms with Gasteiger partial charge >= 0.3 is 0 Å². The van der Waals surface area contributed by atoms with Gasteiger partial charge in [-0.25, -0.2) is 4.98 Å². The molecule has 0 radical (unpaired) electrons. The van der Waals surface area contributed by atoms with Crippen molar-refractivity contribution >= 4 is 22.5 Å². The van der Waals surface area contributed by atoms with E-state index in [9.17, 15) is 9.59 Å². The van der Waals surface area contributed by atoms with Crippen molar-refractivity contribution in [1.82, 2.24) is 9.97 Å². The monoisotopic (exact) mass is 397 g/mol. The standard InChI is InChI=1S/C21H24N4O4/c1-28-11-10-25(14-20(26)22-15-6-5-7-16(12-15)29-2)13-19-23-18-9-4-3-8-17(18)21(27)24-19/h3-9,12H,10-11,13-14H2,1-2H3,(H,22,26)(H,23,24,27)/p+1. The molecule has 3 aromatic rings. The Morgan fingerprint density at radius 2 is 2.00 bits per heavy atom. The molecule has 0 saturated heterocycles. The fourth-order valence-corrected chi connectivity index (χ4v) is 3.07. The number of quaternary nitrogens is 1. The van der Waals surface area contributed by atoms with Crippen LogP contribution in [0.5, 0.6) is 5.75 Å². The topological polar surface area (TPSA) is 97.8 Å². The lowest BCUT2D eigenvalue weighted by Crippen LogP contribution is -3.12. The molecule has 8 nitrogen and oxygen atoms in total. The molecule has 1 atom stereocenters. The van der Waals surface area contributed by atoms with E-state index in [4.69, 9.17) is 9.47 Å². The lowest BCUT2D eigenvalue weighted by molar-refractivity contribution is -0.906. The van der Waals surface area contributed by atoms with Crippen molar-refractivity contribution < 1.29 is 19.2 Å². The Morgan fingerprint density at radius 3 is 2.79 bits per heavy atom. The Bertz CT molecular complexity index is 1030. The SMILES string of the molecule is COCC[NH+](CC(=O)Nc1cccc(OC)c1)Cc1nc2ccccc2c(=O)[nH]1. The minimum atomic E-state index is -0.183. The third-order valence-electron chi connectivity index (χ3n) is 4.50. The van der Waals surface area contributed by atoms with Crippen molar-refractivity contribution in [3.63, 3.8) is 0 Å². The number of para-hydroxylation sites is 1. The van der Waals surface area contributed by atoms with Crippen molar-refractivity contribution in [1.29, 1.82) is 0 Å². The summed E-state index contributed by atoms with van der Waals surface area (Å²) < 4.78 is 10.4. The number of nitrogens with zero attached hydrogens (tertiary/aromatic N) is 1. The molecule has 29 heavy (non-hydrogen) atoms. The molecule has 2 aromatic carbocycles. The average Bonchev–Trinajstić information content (AvgIpc) is 2.72. The van der Waals surface area contributed by atoms with Gasteiger partial charge in [-0.05, 0) is 24.3 Å². The molecule has 0 aliphatic heterocycles. The van der Waals surface area contributed by atoms with Crippen LogP contribution in [0.1, 0.15) is 5.82 Å². The largest absolute Gasteiger partial charge is 0.497 e. The maximum absolute atomic E-state index is 12.5. The summed E-state index contributed by atoms with van der Waals surface area (Å²) in [5.74, 6) is 1.06. The smallest absolute Gasteiger partial charge is 0.279 e. The van der Waals surface area contributed by atoms with Gasteiger partial charge in [-0.15, -0.1) is 0 Å². The Hall–Kier alpha value is -3.23. The van der Waals surface area contributed by atoms with Crippen LogP contribution in [0.25, 0.3) is 10.9 Å². The maximum Gasteiger partial charge on any atom is 0.279 e. The summed E-state index contributed by atoms with van der Waals surface area (Å²) >= 11 is 0. The summed E-state index contributed by atoms with van der Waals surface area (Å²) in [6.07, 6.45) is 0. The summed E-state index contributed by atoms with van der Waals surface area (Å²) in [4.78, 5) is 33.1. The molecule has 1 heterocycles. The van der Waals surface area contributed by atoms with Gasteiger partial charge in [0.1, 0.15) is 18.8 Å². The summed E-state index contributed by atoms with van der Waals surface area (Å²) in [6.45, 7) is 1.68. The second-order valence-corrected chi connectivity index (χ2v) is 6.66. The van der Waals surface area contributed by atoms with Crippen LogP contribution in [0.3, 0.4) is 0 Å². The predicted octanol–water partition coefficient (Wildman–Crippen LogP) is 0.602. The van der Waals surface area contributed by atoms with E-state index in [2.05, 4.69) is 15.3 Å². The van der Waals surface area contributed by atoms with E-state index < -0.39 is 0 Å². The number of benzene rings is 2. The molecule has 0 bridgehead atoms. The first-order valence-corrected chi connectivity index (χ1v) is 9.33. The normalized spacial score (nSPS) is 11.9. The lowest BCUT2D eigenvalue weighted by Gasteiger charge is -2.18. The molecule has 152 valence electrons. The highest BCUT2D eigenvalue weighted by atomic mass is 16.5. The number of aromatic nitrogens is 2. The zero-order chi connectivity index (χ0) is 20.6. The Kier molecular flexibility index (Phi) is 6.94. The van der Waals surface area contributed by atoms with Gasteiger partial charge in [-0.2, -0.15) is 0 Å². The summed E-state index contributed by atoms with van der Waals surface area (Å²) in [5, 5.41) is 3.42. The van der Waals surface area contributed by atoms with Crippen LogP contribution in [0.15, 0.2) is 53.3 Å². The van der Waals surface area contributed by atoms with E-state index in [0.717, 1.165) is 4.90 Å². The van der Waals surface area contributed by atoms with Gasteiger partial charge in [-0.1, -0.05) is 18.2 Å². The molecule has 8 heteroatoms. The molecule has 1 amide bonds. The second kappa shape index (κ2) is 9.81. The Labute approximate surface area is 168 Å². The Balaban J connectivity index is 1.72. The number of aromatic amines is 1. The van der Waals surface area contributed by atoms with E-state index in [-0.39, 0.29) is 18.0 Å². The zero-order valence-corrected chi connectivity index (χ0v) is 16.5. The van der Waals surface area contributed by atoms with Crippen molar-refractivity contribution in [2.45, 2.75) is 6.54 Å². The van der Waals surface area contributed by atoms with Crippen molar-refractivity contribution in [3.05, 3.63) is 64.7 Å². The number of anilines is 1. The zero-order valence-electron chi connectivity index (χ0n) is 16.5. The molecule has 0 aliphatic carbocycles. The highest BCUT2D eigenvalue weighted by Gasteiger charge is 2.17. The van der Waals surface area contributed by atoms with Gasteiger partial charge < -0.3 is 24.7 Å². The number of fused-ring (bicyclic) bond motifs is 1. The number of ether oxygens (including phenoxy) is 2. The maximum atomic E-state index is 12.5. The number of carbonyl (C=O) groups excluding carboxylic acids is 1. The molecule has 1 unspecified atom stereocenters. The molecule has 0 aliphatic rings. The first kappa shape index (κ1) is 20.5. The highest BCUT2D eigenvalue weighted by molar-refractivity contribution is 5.91. The molecule has 3 N–H and O–H groups in total. The van der Waals surface area contributed by atoms with E-state index in [1.807, 2.05) is 18.2 Å². The number of amides is 1. The number of rotatable bonds is 9. The Morgan fingerprint density at radius 1 is 1.17 bits per heavy atom. The van der Waals surface area contributed by atoms with Crippen molar-refractivity contribution in [2.24, 2.45) is 0 Å². The van der Waals surface area contributed by atoms with Crippen LogP contribution in [-0.2, 0) is 16.1 Å². The van der Waals surface area contributed by atoms with Gasteiger partial charge in [0.25, 0.3) is 11.5 Å². The number of H-pyrrole nitrogens is 1. The number of carbonyl (C=O) groups is 1. The van der Waals surface area contributed by atoms with E-state index in [1.54, 1.807) is 44.6 Å². The van der Waals surface area contributed by atoms with Crippen LogP contribution in [0, 0.1) is 0 Å². The third-order valence-corrected chi connectivity index (χ3v) is 4.50. The van der Waals surface area contributed by atoms with Crippen LogP contribution in [0.4, 0.5) is 5.69 Å². The molecule has 0 saturated carbocycles. The molecular weight excluding hydrogens is 372 g/mol. The highest BCUT2D eigenvalue weighted by Crippen LogP contribution is 2.16. The summed E-state index contributed by atoms with van der Waals surface area (Å²) in [6, 6.07) is 14.4. The van der Waals surface area contributed by atoms with E-state index >= 15 is 0 Å². The number of hydrogen-bond acceptors (Lipinski definition) is 5. The van der Waals surface area contributed by atoms with Gasteiger partial charge in [0.15, 0.2) is 12.4 Å². The van der Waals surface area contributed by atoms with Crippen LogP contribution in [-0.4, -0.2) is 49.8 Å². The summed E-state index contributed by atoms with van der Waals surface area (Å²) in [7, 11) is 3.19. The number of nitrogens with one attached hydrogen (secondary N) is 3. The van der Waals surface area contributed by atoms with Crippen LogP contribution >= 0.6 is 0 Å². The average molecular weight is 397 g/mol. The predicted molar refractivity (Wildman–Crippen MR) is 110 cm³/mol. The fourth-order valence-electron chi connectivity index (χ4n) is 3.07. The minimum Gasteiger partial charge on any atom is -0.497 e.